The summed E-state index contributed by atoms with van der Waals surface area (Å²) in [6.45, 7) is 10.2. The minimum absolute atomic E-state index is 0. The number of pyridine rings is 2. The van der Waals surface area contributed by atoms with Crippen molar-refractivity contribution in [2.24, 2.45) is 0 Å². The number of imidazole rings is 1. The van der Waals surface area contributed by atoms with Crippen LogP contribution in [0, 0.1) is 12.1 Å². The number of rotatable bonds is 4. The van der Waals surface area contributed by atoms with Crippen molar-refractivity contribution in [1.82, 2.24) is 19.5 Å². The van der Waals surface area contributed by atoms with E-state index in [0.717, 1.165) is 72.6 Å². The summed E-state index contributed by atoms with van der Waals surface area (Å²) in [6, 6.07) is 42.5. The van der Waals surface area contributed by atoms with Crippen molar-refractivity contribution >= 4 is 33.0 Å². The first-order chi connectivity index (χ1) is 23.1. The van der Waals surface area contributed by atoms with Crippen molar-refractivity contribution in [3.05, 3.63) is 145 Å². The molecule has 0 aliphatic carbocycles. The molecule has 0 unspecified atom stereocenters. The van der Waals surface area contributed by atoms with E-state index in [9.17, 15) is 0 Å². The molecule has 48 heavy (non-hydrogen) atoms. The number of benzene rings is 4. The molecule has 0 bridgehead atoms. The quantitative estimate of drug-likeness (QED) is 0.166. The summed E-state index contributed by atoms with van der Waals surface area (Å²) in [7, 11) is 0. The zero-order valence-electron chi connectivity index (χ0n) is 28.6. The molecular formula is C42H36IrN4O-2. The van der Waals surface area contributed by atoms with Gasteiger partial charge in [-0.05, 0) is 47.5 Å². The van der Waals surface area contributed by atoms with Crippen LogP contribution in [0.1, 0.15) is 53.1 Å². The summed E-state index contributed by atoms with van der Waals surface area (Å²) in [5, 5.41) is 2.03. The van der Waals surface area contributed by atoms with Crippen LogP contribution < -0.4 is 0 Å². The molecule has 1 radical (unpaired) electrons. The zero-order chi connectivity index (χ0) is 33.5. The van der Waals surface area contributed by atoms with E-state index in [4.69, 9.17) is 15.8 Å². The largest absolute Gasteiger partial charge is 0.501 e. The van der Waals surface area contributed by atoms with Crippen LogP contribution in [0.3, 0.4) is 0 Å². The minimum Gasteiger partial charge on any atom is -0.501 e. The van der Waals surface area contributed by atoms with Crippen molar-refractivity contribution < 1.29 is 25.9 Å². The molecular weight excluding hydrogens is 769 g/mol. The van der Waals surface area contributed by atoms with Gasteiger partial charge in [0, 0.05) is 49.9 Å². The Morgan fingerprint density at radius 3 is 2.31 bits per heavy atom. The van der Waals surface area contributed by atoms with Crippen LogP contribution in [0.15, 0.2) is 126 Å². The van der Waals surface area contributed by atoms with E-state index in [2.05, 4.69) is 66.7 Å². The topological polar surface area (TPSA) is 56.7 Å². The van der Waals surface area contributed by atoms with Crippen molar-refractivity contribution in [2.75, 3.05) is 0 Å². The number of fused-ring (bicyclic) bond motifs is 4. The average Bonchev–Trinajstić information content (AvgIpc) is 3.67. The molecule has 241 valence electrons. The van der Waals surface area contributed by atoms with Gasteiger partial charge in [0.05, 0.1) is 28.6 Å². The van der Waals surface area contributed by atoms with Gasteiger partial charge in [0.15, 0.2) is 0 Å². The van der Waals surface area contributed by atoms with Crippen LogP contribution >= 0.6 is 0 Å². The van der Waals surface area contributed by atoms with Gasteiger partial charge in [0.2, 0.25) is 0 Å². The summed E-state index contributed by atoms with van der Waals surface area (Å²) in [5.41, 5.74) is 8.96. The molecule has 4 aromatic carbocycles. The Morgan fingerprint density at radius 1 is 0.812 bits per heavy atom. The molecule has 0 atom stereocenters. The second kappa shape index (κ2) is 13.7. The van der Waals surface area contributed by atoms with Gasteiger partial charge in [-0.2, -0.15) is 0 Å². The third-order valence-corrected chi connectivity index (χ3v) is 8.21. The zero-order valence-corrected chi connectivity index (χ0v) is 30.0. The fraction of sp³-hybridized carbons (Fsp3) is 0.167. The van der Waals surface area contributed by atoms with E-state index >= 15 is 0 Å². The fourth-order valence-corrected chi connectivity index (χ4v) is 5.69. The number of nitrogens with zero attached hydrogens (tertiary/aromatic N) is 4. The molecule has 0 aliphatic rings. The Morgan fingerprint density at radius 2 is 1.60 bits per heavy atom. The fourth-order valence-electron chi connectivity index (χ4n) is 5.69. The maximum absolute atomic E-state index is 8.44. The summed E-state index contributed by atoms with van der Waals surface area (Å²) >= 11 is 0. The SMILES string of the molecule is [2H]C(C)(C)c1ccc2c(c1)oc1c(-c3nc4cc(C(C)(C)C)ncc4n3-c3ccccc3)[c-]ccc12.[Ir].[c-]1ccccc1-c1ccccn1. The van der Waals surface area contributed by atoms with Gasteiger partial charge in [-0.15, -0.1) is 54.1 Å². The molecule has 4 aromatic heterocycles. The monoisotopic (exact) mass is 806 g/mol. The molecule has 0 amide bonds. The molecule has 0 saturated carbocycles. The van der Waals surface area contributed by atoms with Crippen molar-refractivity contribution in [1.29, 1.82) is 0 Å². The molecule has 8 rings (SSSR count). The number of furan rings is 1. The minimum atomic E-state index is -0.707. The molecule has 0 fully saturated rings. The molecule has 0 N–H and O–H groups in total. The number of para-hydroxylation sites is 1. The summed E-state index contributed by atoms with van der Waals surface area (Å²) < 4.78 is 17.0. The Labute approximate surface area is 296 Å². The van der Waals surface area contributed by atoms with Gasteiger partial charge >= 0.3 is 0 Å². The Kier molecular flexibility index (Phi) is 9.03. The van der Waals surface area contributed by atoms with Gasteiger partial charge in [0.25, 0.3) is 0 Å². The molecule has 0 saturated heterocycles. The van der Waals surface area contributed by atoms with E-state index < -0.39 is 5.89 Å². The Hall–Kier alpha value is -4.90. The molecule has 4 heterocycles. The van der Waals surface area contributed by atoms with E-state index in [1.807, 2.05) is 105 Å². The van der Waals surface area contributed by atoms with E-state index in [0.29, 0.717) is 0 Å². The summed E-state index contributed by atoms with van der Waals surface area (Å²) in [5.74, 6) is 0.0519. The van der Waals surface area contributed by atoms with E-state index in [1.54, 1.807) is 6.20 Å². The second-order valence-corrected chi connectivity index (χ2v) is 12.8. The van der Waals surface area contributed by atoms with E-state index in [1.165, 1.54) is 0 Å². The van der Waals surface area contributed by atoms with Gasteiger partial charge in [0.1, 0.15) is 5.58 Å². The third kappa shape index (κ3) is 6.47. The maximum atomic E-state index is 8.44. The third-order valence-electron chi connectivity index (χ3n) is 8.21. The van der Waals surface area contributed by atoms with Crippen LogP contribution in [0.4, 0.5) is 0 Å². The van der Waals surface area contributed by atoms with Gasteiger partial charge < -0.3 is 14.0 Å². The standard InChI is InChI=1S/C31H28N3O.C11H8N.Ir/c1-19(2)20-14-15-22-23-12-9-13-24(29(23)35-27(22)16-20)30-33-25-17-28(31(3,4)5)32-18-26(25)34(30)21-10-7-6-8-11-21;1-2-6-10(7-3-1)11-8-4-5-9-12-11;/h6-12,14-19H,1-5H3;1-6,8-9H;/q2*-1;/i19D;;. The number of hydrogen-bond acceptors (Lipinski definition) is 4. The predicted octanol–water partition coefficient (Wildman–Crippen LogP) is 10.8. The van der Waals surface area contributed by atoms with Gasteiger partial charge in [-0.3, -0.25) is 9.97 Å². The van der Waals surface area contributed by atoms with Crippen LogP contribution in [-0.2, 0) is 25.5 Å². The molecule has 6 heteroatoms. The predicted molar refractivity (Wildman–Crippen MR) is 192 cm³/mol. The maximum Gasteiger partial charge on any atom is 0.121 e. The van der Waals surface area contributed by atoms with Crippen LogP contribution in [0.5, 0.6) is 0 Å². The number of aromatic nitrogens is 4. The Balaban J connectivity index is 0.000000270. The van der Waals surface area contributed by atoms with Gasteiger partial charge in [-0.25, -0.2) is 0 Å². The van der Waals surface area contributed by atoms with Crippen LogP contribution in [0.25, 0.3) is 61.3 Å². The normalized spacial score (nSPS) is 12.0. The molecule has 8 aromatic rings. The second-order valence-electron chi connectivity index (χ2n) is 12.8. The van der Waals surface area contributed by atoms with Crippen LogP contribution in [0.2, 0.25) is 0 Å². The van der Waals surface area contributed by atoms with Crippen molar-refractivity contribution in [2.45, 2.75) is 45.9 Å². The average molecular weight is 806 g/mol. The molecule has 0 spiro atoms. The van der Waals surface area contributed by atoms with E-state index in [-0.39, 0.29) is 25.5 Å². The van der Waals surface area contributed by atoms with Crippen molar-refractivity contribution in [3.63, 3.8) is 0 Å². The first kappa shape index (κ1) is 31.7. The van der Waals surface area contributed by atoms with Crippen molar-refractivity contribution in [3.8, 4) is 28.3 Å². The summed E-state index contributed by atoms with van der Waals surface area (Å²) in [4.78, 5) is 14.1. The molecule has 5 nitrogen and oxygen atoms in total. The van der Waals surface area contributed by atoms with Crippen LogP contribution in [-0.4, -0.2) is 19.5 Å². The Bertz CT molecular complexity index is 2320. The first-order valence-electron chi connectivity index (χ1n) is 16.3. The summed E-state index contributed by atoms with van der Waals surface area (Å²) in [6.07, 6.45) is 3.71. The first-order valence-corrected chi connectivity index (χ1v) is 15.8. The van der Waals surface area contributed by atoms with Gasteiger partial charge in [-0.1, -0.05) is 88.0 Å². The number of hydrogen-bond donors (Lipinski definition) is 0. The smallest absolute Gasteiger partial charge is 0.121 e. The molecule has 0 aliphatic heterocycles.